The molecule has 1 aliphatic rings. The van der Waals surface area contributed by atoms with Gasteiger partial charge in [0.2, 0.25) is 0 Å². The second-order valence-electron chi connectivity index (χ2n) is 3.82. The first-order valence-electron chi connectivity index (χ1n) is 5.12. The first kappa shape index (κ1) is 9.74. The van der Waals surface area contributed by atoms with Crippen LogP contribution in [0.5, 0.6) is 0 Å². The van der Waals surface area contributed by atoms with E-state index in [0.29, 0.717) is 12.0 Å². The minimum atomic E-state index is 0.372. The lowest BCUT2D eigenvalue weighted by Gasteiger charge is -2.21. The van der Waals surface area contributed by atoms with Gasteiger partial charge in [0.25, 0.3) is 0 Å². The lowest BCUT2D eigenvalue weighted by molar-refractivity contribution is 0.177. The summed E-state index contributed by atoms with van der Waals surface area (Å²) in [5.41, 5.74) is 1.27. The van der Waals surface area contributed by atoms with Gasteiger partial charge >= 0.3 is 0 Å². The zero-order valence-corrected chi connectivity index (χ0v) is 8.75. The summed E-state index contributed by atoms with van der Waals surface area (Å²) >= 11 is 0. The molecule has 3 nitrogen and oxygen atoms in total. The molecule has 2 unspecified atom stereocenters. The minimum absolute atomic E-state index is 0.372. The summed E-state index contributed by atoms with van der Waals surface area (Å²) in [4.78, 5) is 0. The third-order valence-corrected chi connectivity index (χ3v) is 2.98. The molecule has 2 heterocycles. The number of aryl methyl sites for hydroxylation is 1. The van der Waals surface area contributed by atoms with Crippen molar-refractivity contribution >= 4 is 0 Å². The molecule has 78 valence electrons. The molecule has 2 atom stereocenters. The van der Waals surface area contributed by atoms with E-state index in [1.54, 1.807) is 6.26 Å². The maximum Gasteiger partial charge on any atom is 0.105 e. The maximum absolute atomic E-state index is 5.41. The summed E-state index contributed by atoms with van der Waals surface area (Å²) in [5, 5.41) is 3.35. The van der Waals surface area contributed by atoms with Gasteiger partial charge in [-0.05, 0) is 26.5 Å². The Kier molecular flexibility index (Phi) is 2.89. The summed E-state index contributed by atoms with van der Waals surface area (Å²) in [6.07, 6.45) is 2.89. The standard InChI is InChI=1S/C11H17NO2/c1-8-10(4-6-14-8)11(12-2)9-3-5-13-7-9/h4,6,9,11-12H,3,5,7H2,1-2H3. The molecule has 1 fully saturated rings. The second kappa shape index (κ2) is 4.15. The normalized spacial score (nSPS) is 24.0. The topological polar surface area (TPSA) is 34.4 Å². The quantitative estimate of drug-likeness (QED) is 0.799. The zero-order chi connectivity index (χ0) is 9.97. The van der Waals surface area contributed by atoms with Crippen molar-refractivity contribution in [3.63, 3.8) is 0 Å². The summed E-state index contributed by atoms with van der Waals surface area (Å²) in [7, 11) is 2.00. The Balaban J connectivity index is 2.16. The van der Waals surface area contributed by atoms with E-state index in [2.05, 4.69) is 11.4 Å². The SMILES string of the molecule is CNC(c1ccoc1C)C1CCOC1. The smallest absolute Gasteiger partial charge is 0.105 e. The predicted octanol–water partition coefficient (Wildman–Crippen LogP) is 1.89. The Bertz CT molecular complexity index is 289. The van der Waals surface area contributed by atoms with E-state index in [-0.39, 0.29) is 0 Å². The van der Waals surface area contributed by atoms with Gasteiger partial charge in [-0.15, -0.1) is 0 Å². The number of ether oxygens (including phenoxy) is 1. The van der Waals surface area contributed by atoms with E-state index in [1.165, 1.54) is 5.56 Å². The average Bonchev–Trinajstić information content (AvgIpc) is 2.80. The predicted molar refractivity (Wildman–Crippen MR) is 54.2 cm³/mol. The molecule has 14 heavy (non-hydrogen) atoms. The van der Waals surface area contributed by atoms with Gasteiger partial charge in [0, 0.05) is 24.1 Å². The maximum atomic E-state index is 5.41. The van der Waals surface area contributed by atoms with Crippen molar-refractivity contribution in [3.05, 3.63) is 23.7 Å². The van der Waals surface area contributed by atoms with Gasteiger partial charge in [-0.25, -0.2) is 0 Å². The van der Waals surface area contributed by atoms with E-state index in [1.807, 2.05) is 14.0 Å². The van der Waals surface area contributed by atoms with Crippen LogP contribution in [0.15, 0.2) is 16.7 Å². The van der Waals surface area contributed by atoms with Gasteiger partial charge in [0.1, 0.15) is 5.76 Å². The van der Waals surface area contributed by atoms with Crippen LogP contribution >= 0.6 is 0 Å². The molecule has 1 aromatic rings. The molecule has 0 spiro atoms. The molecule has 0 saturated carbocycles. The van der Waals surface area contributed by atoms with Crippen LogP contribution in [-0.4, -0.2) is 20.3 Å². The fraction of sp³-hybridized carbons (Fsp3) is 0.636. The fourth-order valence-electron chi connectivity index (χ4n) is 2.18. The summed E-state index contributed by atoms with van der Waals surface area (Å²) in [5.74, 6) is 1.59. The van der Waals surface area contributed by atoms with E-state index >= 15 is 0 Å². The van der Waals surface area contributed by atoms with Crippen LogP contribution in [0.1, 0.15) is 23.8 Å². The summed E-state index contributed by atoms with van der Waals surface area (Å²) in [6, 6.07) is 2.42. The Morgan fingerprint density at radius 2 is 2.43 bits per heavy atom. The van der Waals surface area contributed by atoms with Crippen molar-refractivity contribution < 1.29 is 9.15 Å². The Morgan fingerprint density at radius 3 is 2.93 bits per heavy atom. The van der Waals surface area contributed by atoms with Crippen molar-refractivity contribution in [2.75, 3.05) is 20.3 Å². The van der Waals surface area contributed by atoms with Gasteiger partial charge in [-0.1, -0.05) is 0 Å². The molecule has 0 amide bonds. The van der Waals surface area contributed by atoms with Gasteiger partial charge in [-0.2, -0.15) is 0 Å². The minimum Gasteiger partial charge on any atom is -0.469 e. The molecule has 2 rings (SSSR count). The monoisotopic (exact) mass is 195 g/mol. The zero-order valence-electron chi connectivity index (χ0n) is 8.75. The van der Waals surface area contributed by atoms with Gasteiger partial charge in [-0.3, -0.25) is 0 Å². The Hall–Kier alpha value is -0.800. The molecule has 3 heteroatoms. The number of nitrogens with one attached hydrogen (secondary N) is 1. The molecule has 0 aromatic carbocycles. The molecule has 0 bridgehead atoms. The molecular formula is C11H17NO2. The third-order valence-electron chi connectivity index (χ3n) is 2.98. The van der Waals surface area contributed by atoms with Gasteiger partial charge < -0.3 is 14.5 Å². The van der Waals surface area contributed by atoms with Crippen molar-refractivity contribution in [2.45, 2.75) is 19.4 Å². The highest BCUT2D eigenvalue weighted by Gasteiger charge is 2.27. The van der Waals surface area contributed by atoms with Crippen molar-refractivity contribution in [2.24, 2.45) is 5.92 Å². The van der Waals surface area contributed by atoms with Crippen LogP contribution in [0.25, 0.3) is 0 Å². The number of furan rings is 1. The first-order valence-corrected chi connectivity index (χ1v) is 5.12. The second-order valence-corrected chi connectivity index (χ2v) is 3.82. The number of hydrogen-bond donors (Lipinski definition) is 1. The number of hydrogen-bond acceptors (Lipinski definition) is 3. The van der Waals surface area contributed by atoms with Crippen LogP contribution in [0, 0.1) is 12.8 Å². The highest BCUT2D eigenvalue weighted by molar-refractivity contribution is 5.21. The van der Waals surface area contributed by atoms with Crippen LogP contribution in [0.4, 0.5) is 0 Å². The first-order chi connectivity index (χ1) is 6.83. The Labute approximate surface area is 84.4 Å². The van der Waals surface area contributed by atoms with Crippen LogP contribution in [0.2, 0.25) is 0 Å². The molecule has 1 saturated heterocycles. The van der Waals surface area contributed by atoms with Crippen LogP contribution in [0.3, 0.4) is 0 Å². The summed E-state index contributed by atoms with van der Waals surface area (Å²) < 4.78 is 10.7. The lowest BCUT2D eigenvalue weighted by Crippen LogP contribution is -2.25. The van der Waals surface area contributed by atoms with E-state index in [4.69, 9.17) is 9.15 Å². The van der Waals surface area contributed by atoms with E-state index < -0.39 is 0 Å². The number of rotatable bonds is 3. The fourth-order valence-corrected chi connectivity index (χ4v) is 2.18. The van der Waals surface area contributed by atoms with Gasteiger partial charge in [0.05, 0.1) is 12.9 Å². The van der Waals surface area contributed by atoms with Crippen molar-refractivity contribution in [1.29, 1.82) is 0 Å². The molecule has 1 aromatic heterocycles. The molecule has 1 N–H and O–H groups in total. The van der Waals surface area contributed by atoms with E-state index in [0.717, 1.165) is 25.4 Å². The third kappa shape index (κ3) is 1.70. The highest BCUT2D eigenvalue weighted by Crippen LogP contribution is 2.30. The molecule has 0 radical (unpaired) electrons. The van der Waals surface area contributed by atoms with Crippen molar-refractivity contribution in [1.82, 2.24) is 5.32 Å². The van der Waals surface area contributed by atoms with Crippen LogP contribution in [-0.2, 0) is 4.74 Å². The molecular weight excluding hydrogens is 178 g/mol. The molecule has 1 aliphatic heterocycles. The largest absolute Gasteiger partial charge is 0.469 e. The average molecular weight is 195 g/mol. The molecule has 0 aliphatic carbocycles. The van der Waals surface area contributed by atoms with Crippen LogP contribution < -0.4 is 5.32 Å². The van der Waals surface area contributed by atoms with Crippen molar-refractivity contribution in [3.8, 4) is 0 Å². The summed E-state index contributed by atoms with van der Waals surface area (Å²) in [6.45, 7) is 3.76. The van der Waals surface area contributed by atoms with Gasteiger partial charge in [0.15, 0.2) is 0 Å². The highest BCUT2D eigenvalue weighted by atomic mass is 16.5. The lowest BCUT2D eigenvalue weighted by atomic mass is 9.93. The van der Waals surface area contributed by atoms with E-state index in [9.17, 15) is 0 Å². The Morgan fingerprint density at radius 1 is 1.57 bits per heavy atom.